The molecule has 2 rings (SSSR count). The normalized spacial score (nSPS) is 10.9. The van der Waals surface area contributed by atoms with E-state index in [1.807, 2.05) is 35.2 Å². The Morgan fingerprint density at radius 3 is 2.86 bits per heavy atom. The quantitative estimate of drug-likeness (QED) is 0.860. The molecule has 0 unspecified atom stereocenters. The molecule has 0 bridgehead atoms. The fraction of sp³-hybridized carbons (Fsp3) is 0.312. The van der Waals surface area contributed by atoms with Gasteiger partial charge in [-0.3, -0.25) is 4.79 Å². The number of nitrogens with one attached hydrogen (secondary N) is 2. The van der Waals surface area contributed by atoms with E-state index in [1.54, 1.807) is 12.1 Å². The molecule has 0 aliphatic carbocycles. The summed E-state index contributed by atoms with van der Waals surface area (Å²) in [7, 11) is 0. The summed E-state index contributed by atoms with van der Waals surface area (Å²) in [5.74, 6) is -0.0729. The molecule has 1 amide bonds. The predicted octanol–water partition coefficient (Wildman–Crippen LogP) is 3.28. The summed E-state index contributed by atoms with van der Waals surface area (Å²) in [6, 6.07) is 9.59. The lowest BCUT2D eigenvalue weighted by atomic mass is 10.3. The Kier molecular flexibility index (Phi) is 5.42. The molecule has 2 aromatic rings. The number of benzene rings is 1. The number of rotatable bonds is 6. The van der Waals surface area contributed by atoms with E-state index in [0.717, 1.165) is 6.54 Å². The van der Waals surface area contributed by atoms with Crippen molar-refractivity contribution in [3.8, 4) is 0 Å². The van der Waals surface area contributed by atoms with Gasteiger partial charge in [-0.05, 0) is 29.8 Å². The Balaban J connectivity index is 1.88. The van der Waals surface area contributed by atoms with Crippen molar-refractivity contribution < 1.29 is 4.79 Å². The SMILES string of the molecule is CC(C)NCc1ccn(CC(=O)Nc2cccc(Cl)c2)c1. The van der Waals surface area contributed by atoms with Crippen molar-refractivity contribution in [2.24, 2.45) is 0 Å². The van der Waals surface area contributed by atoms with E-state index in [2.05, 4.69) is 24.5 Å². The maximum absolute atomic E-state index is 12.0. The third-order valence-corrected chi connectivity index (χ3v) is 3.20. The molecule has 112 valence electrons. The first-order chi connectivity index (χ1) is 10.0. The minimum atomic E-state index is -0.0729. The molecule has 0 radical (unpaired) electrons. The van der Waals surface area contributed by atoms with Crippen molar-refractivity contribution in [1.82, 2.24) is 9.88 Å². The molecule has 4 nitrogen and oxygen atoms in total. The van der Waals surface area contributed by atoms with Crippen molar-refractivity contribution in [1.29, 1.82) is 0 Å². The maximum atomic E-state index is 12.0. The molecule has 0 aliphatic heterocycles. The van der Waals surface area contributed by atoms with Crippen LogP contribution in [-0.4, -0.2) is 16.5 Å². The zero-order valence-corrected chi connectivity index (χ0v) is 13.0. The minimum Gasteiger partial charge on any atom is -0.345 e. The lowest BCUT2D eigenvalue weighted by molar-refractivity contribution is -0.116. The monoisotopic (exact) mass is 305 g/mol. The summed E-state index contributed by atoms with van der Waals surface area (Å²) in [6.07, 6.45) is 3.89. The molecule has 0 aliphatic rings. The number of aromatic nitrogens is 1. The predicted molar refractivity (Wildman–Crippen MR) is 86.5 cm³/mol. The van der Waals surface area contributed by atoms with Crippen LogP contribution in [0.2, 0.25) is 5.02 Å². The van der Waals surface area contributed by atoms with E-state index in [9.17, 15) is 4.79 Å². The van der Waals surface area contributed by atoms with Gasteiger partial charge in [-0.15, -0.1) is 0 Å². The lowest BCUT2D eigenvalue weighted by Gasteiger charge is -2.07. The van der Waals surface area contributed by atoms with Gasteiger partial charge >= 0.3 is 0 Å². The number of nitrogens with zero attached hydrogens (tertiary/aromatic N) is 1. The van der Waals surface area contributed by atoms with Gasteiger partial charge in [0.1, 0.15) is 6.54 Å². The number of carbonyl (C=O) groups excluding carboxylic acids is 1. The van der Waals surface area contributed by atoms with Crippen LogP contribution in [0.4, 0.5) is 5.69 Å². The van der Waals surface area contributed by atoms with Crippen molar-refractivity contribution in [2.45, 2.75) is 33.0 Å². The maximum Gasteiger partial charge on any atom is 0.244 e. The molecule has 1 aromatic heterocycles. The van der Waals surface area contributed by atoms with Crippen LogP contribution in [0.3, 0.4) is 0 Å². The second-order valence-corrected chi connectivity index (χ2v) is 5.72. The second kappa shape index (κ2) is 7.29. The molecule has 2 N–H and O–H groups in total. The van der Waals surface area contributed by atoms with Gasteiger partial charge in [0.15, 0.2) is 0 Å². The van der Waals surface area contributed by atoms with E-state index >= 15 is 0 Å². The first-order valence-electron chi connectivity index (χ1n) is 6.96. The average Bonchev–Trinajstić information content (AvgIpc) is 2.83. The molecule has 1 aromatic carbocycles. The van der Waals surface area contributed by atoms with Gasteiger partial charge in [0, 0.05) is 35.7 Å². The standard InChI is InChI=1S/C16H20ClN3O/c1-12(2)18-9-13-6-7-20(10-13)11-16(21)19-15-5-3-4-14(17)8-15/h3-8,10,12,18H,9,11H2,1-2H3,(H,19,21). The topological polar surface area (TPSA) is 46.1 Å². The molecule has 0 atom stereocenters. The molecular formula is C16H20ClN3O. The van der Waals surface area contributed by atoms with Crippen LogP contribution in [-0.2, 0) is 17.9 Å². The van der Waals surface area contributed by atoms with Gasteiger partial charge in [-0.2, -0.15) is 0 Å². The van der Waals surface area contributed by atoms with Gasteiger partial charge < -0.3 is 15.2 Å². The lowest BCUT2D eigenvalue weighted by Crippen LogP contribution is -2.21. The summed E-state index contributed by atoms with van der Waals surface area (Å²) < 4.78 is 1.87. The van der Waals surface area contributed by atoms with Gasteiger partial charge in [-0.25, -0.2) is 0 Å². The molecule has 0 saturated heterocycles. The molecule has 1 heterocycles. The summed E-state index contributed by atoms with van der Waals surface area (Å²) in [4.78, 5) is 12.0. The Morgan fingerprint density at radius 1 is 1.33 bits per heavy atom. The van der Waals surface area contributed by atoms with E-state index in [-0.39, 0.29) is 12.5 Å². The highest BCUT2D eigenvalue weighted by Crippen LogP contribution is 2.14. The zero-order valence-electron chi connectivity index (χ0n) is 12.3. The largest absolute Gasteiger partial charge is 0.345 e. The van der Waals surface area contributed by atoms with Crippen LogP contribution in [0.15, 0.2) is 42.7 Å². The third kappa shape index (κ3) is 5.25. The van der Waals surface area contributed by atoms with E-state index in [0.29, 0.717) is 16.8 Å². The van der Waals surface area contributed by atoms with E-state index < -0.39 is 0 Å². The molecule has 0 saturated carbocycles. The summed E-state index contributed by atoms with van der Waals surface area (Å²) >= 11 is 5.89. The summed E-state index contributed by atoms with van der Waals surface area (Å²) in [6.45, 7) is 5.31. The van der Waals surface area contributed by atoms with Crippen LogP contribution in [0.5, 0.6) is 0 Å². The van der Waals surface area contributed by atoms with Crippen LogP contribution < -0.4 is 10.6 Å². The van der Waals surface area contributed by atoms with Crippen LogP contribution in [0, 0.1) is 0 Å². The van der Waals surface area contributed by atoms with Crippen molar-refractivity contribution in [2.75, 3.05) is 5.32 Å². The van der Waals surface area contributed by atoms with Crippen molar-refractivity contribution in [3.63, 3.8) is 0 Å². The van der Waals surface area contributed by atoms with Crippen molar-refractivity contribution in [3.05, 3.63) is 53.3 Å². The Labute approximate surface area is 130 Å². The first-order valence-corrected chi connectivity index (χ1v) is 7.34. The molecule has 21 heavy (non-hydrogen) atoms. The molecule has 5 heteroatoms. The van der Waals surface area contributed by atoms with Gasteiger partial charge in [0.2, 0.25) is 5.91 Å². The molecule has 0 fully saturated rings. The highest BCUT2D eigenvalue weighted by Gasteiger charge is 2.05. The highest BCUT2D eigenvalue weighted by atomic mass is 35.5. The fourth-order valence-corrected chi connectivity index (χ4v) is 2.14. The highest BCUT2D eigenvalue weighted by molar-refractivity contribution is 6.30. The summed E-state index contributed by atoms with van der Waals surface area (Å²) in [5.41, 5.74) is 1.88. The average molecular weight is 306 g/mol. The van der Waals surface area contributed by atoms with Crippen LogP contribution in [0.25, 0.3) is 0 Å². The number of halogens is 1. The smallest absolute Gasteiger partial charge is 0.244 e. The minimum absolute atomic E-state index is 0.0729. The molecular weight excluding hydrogens is 286 g/mol. The number of amides is 1. The zero-order chi connectivity index (χ0) is 15.2. The van der Waals surface area contributed by atoms with Gasteiger partial charge in [0.25, 0.3) is 0 Å². The first kappa shape index (κ1) is 15.6. The van der Waals surface area contributed by atoms with Gasteiger partial charge in [-0.1, -0.05) is 31.5 Å². The van der Waals surface area contributed by atoms with Crippen LogP contribution in [0.1, 0.15) is 19.4 Å². The number of anilines is 1. The van der Waals surface area contributed by atoms with E-state index in [4.69, 9.17) is 11.6 Å². The van der Waals surface area contributed by atoms with Crippen molar-refractivity contribution >= 4 is 23.2 Å². The third-order valence-electron chi connectivity index (χ3n) is 2.96. The number of hydrogen-bond donors (Lipinski definition) is 2. The number of hydrogen-bond acceptors (Lipinski definition) is 2. The second-order valence-electron chi connectivity index (χ2n) is 5.29. The number of carbonyl (C=O) groups is 1. The van der Waals surface area contributed by atoms with Crippen LogP contribution >= 0.6 is 11.6 Å². The Bertz CT molecular complexity index is 607. The fourth-order valence-electron chi connectivity index (χ4n) is 1.95. The van der Waals surface area contributed by atoms with Gasteiger partial charge in [0.05, 0.1) is 0 Å². The molecule has 0 spiro atoms. The summed E-state index contributed by atoms with van der Waals surface area (Å²) in [5, 5.41) is 6.78. The van der Waals surface area contributed by atoms with E-state index in [1.165, 1.54) is 5.56 Å². The Morgan fingerprint density at radius 2 is 2.14 bits per heavy atom. The Hall–Kier alpha value is -1.78.